The first-order chi connectivity index (χ1) is 12.2. The Balaban J connectivity index is 1.32. The van der Waals surface area contributed by atoms with E-state index in [9.17, 15) is 9.59 Å². The van der Waals surface area contributed by atoms with Crippen LogP contribution in [0.5, 0.6) is 0 Å². The number of nitrogens with zero attached hydrogens (tertiary/aromatic N) is 3. The van der Waals surface area contributed by atoms with E-state index in [-0.39, 0.29) is 23.7 Å². The van der Waals surface area contributed by atoms with E-state index in [1.165, 1.54) is 11.3 Å². The average molecular weight is 356 g/mol. The number of hydrogen-bond donors (Lipinski definition) is 1. The minimum absolute atomic E-state index is 0.0192. The molecule has 0 spiro atoms. The zero-order valence-corrected chi connectivity index (χ0v) is 14.7. The summed E-state index contributed by atoms with van der Waals surface area (Å²) in [7, 11) is 0. The van der Waals surface area contributed by atoms with Gasteiger partial charge in [-0.2, -0.15) is 0 Å². The van der Waals surface area contributed by atoms with Crippen LogP contribution in [0.3, 0.4) is 0 Å². The van der Waals surface area contributed by atoms with Crippen LogP contribution in [-0.4, -0.2) is 40.0 Å². The quantitative estimate of drug-likeness (QED) is 0.914. The maximum absolute atomic E-state index is 12.5. The van der Waals surface area contributed by atoms with E-state index in [1.807, 2.05) is 35.2 Å². The first-order valence-electron chi connectivity index (χ1n) is 8.69. The number of nitrogens with one attached hydrogen (secondary N) is 1. The first-order valence-corrected chi connectivity index (χ1v) is 9.51. The maximum atomic E-state index is 12.5. The second-order valence-electron chi connectivity index (χ2n) is 6.64. The Kier molecular flexibility index (Phi) is 4.48. The van der Waals surface area contributed by atoms with E-state index in [2.05, 4.69) is 15.5 Å². The van der Waals surface area contributed by atoms with Crippen molar-refractivity contribution in [3.8, 4) is 10.6 Å². The molecule has 1 N–H and O–H groups in total. The van der Waals surface area contributed by atoms with Gasteiger partial charge in [-0.3, -0.25) is 9.59 Å². The van der Waals surface area contributed by atoms with Crippen molar-refractivity contribution >= 4 is 28.3 Å². The van der Waals surface area contributed by atoms with Gasteiger partial charge in [-0.05, 0) is 25.7 Å². The normalized spacial score (nSPS) is 18.2. The Bertz CT molecular complexity index is 764. The van der Waals surface area contributed by atoms with Crippen molar-refractivity contribution in [3.63, 3.8) is 0 Å². The summed E-state index contributed by atoms with van der Waals surface area (Å²) in [6.45, 7) is 1.36. The molecule has 2 aromatic rings. The molecule has 0 radical (unpaired) electrons. The molecule has 2 aliphatic rings. The minimum Gasteiger partial charge on any atom is -0.342 e. The third-order valence-electron chi connectivity index (χ3n) is 4.78. The van der Waals surface area contributed by atoms with Gasteiger partial charge in [0, 0.05) is 30.5 Å². The third-order valence-corrected chi connectivity index (χ3v) is 5.67. The number of aromatic nitrogens is 2. The topological polar surface area (TPSA) is 75.2 Å². The second-order valence-corrected chi connectivity index (χ2v) is 7.62. The van der Waals surface area contributed by atoms with Gasteiger partial charge in [0.25, 0.3) is 0 Å². The van der Waals surface area contributed by atoms with Crippen LogP contribution in [0, 0.1) is 11.8 Å². The predicted octanol–water partition coefficient (Wildman–Crippen LogP) is 2.79. The summed E-state index contributed by atoms with van der Waals surface area (Å²) in [6, 6.07) is 9.79. The molecule has 130 valence electrons. The van der Waals surface area contributed by atoms with Crippen LogP contribution >= 0.6 is 11.3 Å². The van der Waals surface area contributed by atoms with Crippen molar-refractivity contribution in [1.29, 1.82) is 0 Å². The number of rotatable bonds is 4. The standard InChI is InChI=1S/C18H20N4O2S/c23-15(12-8-10-22(11-9-12)17(24)14-6-7-14)19-18-21-20-16(25-18)13-4-2-1-3-5-13/h1-5,12,14H,6-11H2,(H,19,21,23). The molecule has 2 amide bonds. The molecule has 0 bridgehead atoms. The molecule has 1 saturated carbocycles. The van der Waals surface area contributed by atoms with Crippen LogP contribution in [0.1, 0.15) is 25.7 Å². The first kappa shape index (κ1) is 16.2. The average Bonchev–Trinajstić information content (AvgIpc) is 3.41. The largest absolute Gasteiger partial charge is 0.342 e. The fraction of sp³-hybridized carbons (Fsp3) is 0.444. The Morgan fingerprint density at radius 3 is 2.40 bits per heavy atom. The Labute approximate surface area is 150 Å². The molecular formula is C18H20N4O2S. The summed E-state index contributed by atoms with van der Waals surface area (Å²) in [5.74, 6) is 0.445. The van der Waals surface area contributed by atoms with Crippen molar-refractivity contribution < 1.29 is 9.59 Å². The predicted molar refractivity (Wildman–Crippen MR) is 96.0 cm³/mol. The minimum atomic E-state index is -0.0627. The molecule has 1 aliphatic carbocycles. The summed E-state index contributed by atoms with van der Waals surface area (Å²) in [4.78, 5) is 26.5. The summed E-state index contributed by atoms with van der Waals surface area (Å²) in [5.41, 5.74) is 0.993. The number of carbonyl (C=O) groups is 2. The number of piperidine rings is 1. The highest BCUT2D eigenvalue weighted by Gasteiger charge is 2.36. The molecule has 1 aliphatic heterocycles. The van der Waals surface area contributed by atoms with Crippen LogP contribution in [0.15, 0.2) is 30.3 Å². The number of carbonyl (C=O) groups excluding carboxylic acids is 2. The van der Waals surface area contributed by atoms with Crippen molar-refractivity contribution in [2.45, 2.75) is 25.7 Å². The van der Waals surface area contributed by atoms with Gasteiger partial charge in [-0.15, -0.1) is 10.2 Å². The number of hydrogen-bond acceptors (Lipinski definition) is 5. The Hall–Kier alpha value is -2.28. The number of amides is 2. The van der Waals surface area contributed by atoms with E-state index < -0.39 is 0 Å². The van der Waals surface area contributed by atoms with Crippen LogP contribution in [-0.2, 0) is 9.59 Å². The molecule has 2 heterocycles. The molecule has 4 rings (SSSR count). The van der Waals surface area contributed by atoms with E-state index in [4.69, 9.17) is 0 Å². The van der Waals surface area contributed by atoms with Gasteiger partial charge in [-0.25, -0.2) is 0 Å². The number of likely N-dealkylation sites (tertiary alicyclic amines) is 1. The van der Waals surface area contributed by atoms with Crippen LogP contribution in [0.25, 0.3) is 10.6 Å². The number of anilines is 1. The Morgan fingerprint density at radius 1 is 1.00 bits per heavy atom. The van der Waals surface area contributed by atoms with Gasteiger partial charge in [0.2, 0.25) is 16.9 Å². The lowest BCUT2D eigenvalue weighted by molar-refractivity contribution is -0.135. The second kappa shape index (κ2) is 6.92. The molecule has 1 saturated heterocycles. The summed E-state index contributed by atoms with van der Waals surface area (Å²) in [6.07, 6.45) is 3.49. The Morgan fingerprint density at radius 2 is 1.72 bits per heavy atom. The van der Waals surface area contributed by atoms with Crippen LogP contribution in [0.4, 0.5) is 5.13 Å². The lowest BCUT2D eigenvalue weighted by atomic mass is 9.95. The van der Waals surface area contributed by atoms with Gasteiger partial charge in [0.1, 0.15) is 5.01 Å². The van der Waals surface area contributed by atoms with Crippen molar-refractivity contribution in [2.75, 3.05) is 18.4 Å². The van der Waals surface area contributed by atoms with Gasteiger partial charge < -0.3 is 10.2 Å². The molecule has 1 aromatic carbocycles. The molecule has 6 nitrogen and oxygen atoms in total. The molecule has 1 aromatic heterocycles. The van der Waals surface area contributed by atoms with Crippen molar-refractivity contribution in [2.24, 2.45) is 11.8 Å². The summed E-state index contributed by atoms with van der Waals surface area (Å²) >= 11 is 1.38. The van der Waals surface area contributed by atoms with Crippen molar-refractivity contribution in [1.82, 2.24) is 15.1 Å². The number of benzene rings is 1. The monoisotopic (exact) mass is 356 g/mol. The third kappa shape index (κ3) is 3.71. The highest BCUT2D eigenvalue weighted by Crippen LogP contribution is 2.33. The van der Waals surface area contributed by atoms with Gasteiger partial charge >= 0.3 is 0 Å². The molecule has 0 atom stereocenters. The zero-order valence-electron chi connectivity index (χ0n) is 13.9. The van der Waals surface area contributed by atoms with Crippen LogP contribution < -0.4 is 5.32 Å². The molecule has 0 unspecified atom stereocenters. The fourth-order valence-corrected chi connectivity index (χ4v) is 3.88. The van der Waals surface area contributed by atoms with E-state index >= 15 is 0 Å². The SMILES string of the molecule is O=C(Nc1nnc(-c2ccccc2)s1)C1CCN(C(=O)C2CC2)CC1. The molecule has 7 heteroatoms. The van der Waals surface area contributed by atoms with Gasteiger partial charge in [0.05, 0.1) is 0 Å². The molecule has 25 heavy (non-hydrogen) atoms. The van der Waals surface area contributed by atoms with E-state index in [0.717, 1.165) is 23.4 Å². The summed E-state index contributed by atoms with van der Waals surface area (Å²) in [5, 5.41) is 12.4. The van der Waals surface area contributed by atoms with E-state index in [0.29, 0.717) is 31.1 Å². The molecular weight excluding hydrogens is 336 g/mol. The van der Waals surface area contributed by atoms with E-state index in [1.54, 1.807) is 0 Å². The fourth-order valence-electron chi connectivity index (χ4n) is 3.13. The summed E-state index contributed by atoms with van der Waals surface area (Å²) < 4.78 is 0. The lowest BCUT2D eigenvalue weighted by Gasteiger charge is -2.31. The smallest absolute Gasteiger partial charge is 0.229 e. The van der Waals surface area contributed by atoms with Crippen LogP contribution in [0.2, 0.25) is 0 Å². The van der Waals surface area contributed by atoms with Gasteiger partial charge in [0.15, 0.2) is 0 Å². The lowest BCUT2D eigenvalue weighted by Crippen LogP contribution is -2.42. The highest BCUT2D eigenvalue weighted by atomic mass is 32.1. The highest BCUT2D eigenvalue weighted by molar-refractivity contribution is 7.18. The zero-order chi connectivity index (χ0) is 17.2. The maximum Gasteiger partial charge on any atom is 0.229 e. The van der Waals surface area contributed by atoms with Gasteiger partial charge in [-0.1, -0.05) is 41.7 Å². The van der Waals surface area contributed by atoms with Crippen molar-refractivity contribution in [3.05, 3.63) is 30.3 Å². The molecule has 2 fully saturated rings.